The molecule has 1 aromatic rings. The number of nitrogens with one attached hydrogen (secondary N) is 1. The van der Waals surface area contributed by atoms with Crippen LogP contribution in [-0.4, -0.2) is 59.7 Å². The van der Waals surface area contributed by atoms with Gasteiger partial charge in [0.15, 0.2) is 11.5 Å². The van der Waals surface area contributed by atoms with Gasteiger partial charge in [-0.05, 0) is 24.1 Å². The number of benzene rings is 1. The first-order valence-electron chi connectivity index (χ1n) is 7.81. The van der Waals surface area contributed by atoms with Crippen LogP contribution >= 0.6 is 0 Å². The van der Waals surface area contributed by atoms with Gasteiger partial charge in [-0.3, -0.25) is 4.79 Å². The molecule has 1 heterocycles. The highest BCUT2D eigenvalue weighted by Crippen LogP contribution is 2.38. The number of carbonyl (C=O) groups excluding carboxylic acids is 1. The molecule has 1 aliphatic heterocycles. The van der Waals surface area contributed by atoms with Crippen molar-refractivity contribution in [1.82, 2.24) is 5.32 Å². The van der Waals surface area contributed by atoms with Gasteiger partial charge in [0.1, 0.15) is 6.10 Å². The molecule has 0 aliphatic carbocycles. The van der Waals surface area contributed by atoms with E-state index in [1.54, 1.807) is 40.6 Å². The van der Waals surface area contributed by atoms with Crippen LogP contribution in [0.1, 0.15) is 12.0 Å². The van der Waals surface area contributed by atoms with E-state index in [1.807, 2.05) is 0 Å². The van der Waals surface area contributed by atoms with Crippen molar-refractivity contribution < 1.29 is 28.5 Å². The van der Waals surface area contributed by atoms with E-state index in [9.17, 15) is 4.79 Å². The summed E-state index contributed by atoms with van der Waals surface area (Å²) in [5.74, 6) is 1.48. The van der Waals surface area contributed by atoms with E-state index in [-0.39, 0.29) is 24.5 Å². The van der Waals surface area contributed by atoms with Crippen LogP contribution in [0.15, 0.2) is 12.1 Å². The lowest BCUT2D eigenvalue weighted by Crippen LogP contribution is -2.50. The van der Waals surface area contributed by atoms with Gasteiger partial charge in [-0.1, -0.05) is 0 Å². The van der Waals surface area contributed by atoms with Gasteiger partial charge < -0.3 is 29.0 Å². The van der Waals surface area contributed by atoms with Crippen molar-refractivity contribution in [2.75, 3.05) is 41.7 Å². The molecular formula is C17H25NO6. The molecular weight excluding hydrogens is 314 g/mol. The molecule has 7 nitrogen and oxygen atoms in total. The molecule has 1 fully saturated rings. The Morgan fingerprint density at radius 3 is 2.38 bits per heavy atom. The van der Waals surface area contributed by atoms with E-state index >= 15 is 0 Å². The van der Waals surface area contributed by atoms with Gasteiger partial charge in [-0.15, -0.1) is 0 Å². The molecule has 0 aromatic heterocycles. The maximum Gasteiger partial charge on any atom is 0.224 e. The van der Waals surface area contributed by atoms with E-state index < -0.39 is 0 Å². The second-order valence-corrected chi connectivity index (χ2v) is 5.52. The molecule has 1 amide bonds. The summed E-state index contributed by atoms with van der Waals surface area (Å²) in [7, 11) is 6.26. The number of rotatable bonds is 7. The number of hydrogen-bond acceptors (Lipinski definition) is 6. The summed E-state index contributed by atoms with van der Waals surface area (Å²) in [4.78, 5) is 12.4. The van der Waals surface area contributed by atoms with Gasteiger partial charge in [0.2, 0.25) is 11.7 Å². The molecule has 0 saturated carbocycles. The molecule has 1 saturated heterocycles. The third-order valence-corrected chi connectivity index (χ3v) is 4.04. The SMILES string of the molecule is COc1cc(CC(=O)NC2CCOCC2OC)cc(OC)c1OC. The number of amides is 1. The molecule has 2 atom stereocenters. The molecule has 134 valence electrons. The average molecular weight is 339 g/mol. The summed E-state index contributed by atoms with van der Waals surface area (Å²) in [6.07, 6.45) is 0.826. The molecule has 0 spiro atoms. The quantitative estimate of drug-likeness (QED) is 0.804. The number of methoxy groups -OCH3 is 4. The Labute approximate surface area is 142 Å². The average Bonchev–Trinajstić information content (AvgIpc) is 2.61. The molecule has 2 unspecified atom stereocenters. The fourth-order valence-electron chi connectivity index (χ4n) is 2.79. The van der Waals surface area contributed by atoms with Gasteiger partial charge >= 0.3 is 0 Å². The maximum atomic E-state index is 12.4. The van der Waals surface area contributed by atoms with Crippen molar-refractivity contribution in [1.29, 1.82) is 0 Å². The van der Waals surface area contributed by atoms with Gasteiger partial charge in [0.05, 0.1) is 40.4 Å². The lowest BCUT2D eigenvalue weighted by molar-refractivity contribution is -0.124. The number of carbonyl (C=O) groups is 1. The van der Waals surface area contributed by atoms with Crippen LogP contribution in [-0.2, 0) is 20.7 Å². The Bertz CT molecular complexity index is 537. The summed E-state index contributed by atoms with van der Waals surface area (Å²) >= 11 is 0. The predicted molar refractivity (Wildman–Crippen MR) is 88.0 cm³/mol. The molecule has 0 bridgehead atoms. The summed E-state index contributed by atoms with van der Waals surface area (Å²) < 4.78 is 26.6. The van der Waals surface area contributed by atoms with Crippen molar-refractivity contribution in [2.45, 2.75) is 25.0 Å². The topological polar surface area (TPSA) is 75.3 Å². The Balaban J connectivity index is 2.08. The third-order valence-electron chi connectivity index (χ3n) is 4.04. The first kappa shape index (κ1) is 18.4. The van der Waals surface area contributed by atoms with Gasteiger partial charge in [-0.25, -0.2) is 0 Å². The van der Waals surface area contributed by atoms with Crippen LogP contribution < -0.4 is 19.5 Å². The van der Waals surface area contributed by atoms with Crippen molar-refractivity contribution >= 4 is 5.91 Å². The van der Waals surface area contributed by atoms with Crippen molar-refractivity contribution in [3.8, 4) is 17.2 Å². The monoisotopic (exact) mass is 339 g/mol. The van der Waals surface area contributed by atoms with Crippen LogP contribution in [0.3, 0.4) is 0 Å². The van der Waals surface area contributed by atoms with E-state index in [2.05, 4.69) is 5.32 Å². The molecule has 7 heteroatoms. The lowest BCUT2D eigenvalue weighted by Gasteiger charge is -2.31. The summed E-state index contributed by atoms with van der Waals surface area (Å²) in [6.45, 7) is 1.11. The van der Waals surface area contributed by atoms with Crippen molar-refractivity contribution in [3.05, 3.63) is 17.7 Å². The zero-order valence-electron chi connectivity index (χ0n) is 14.6. The summed E-state index contributed by atoms with van der Waals surface area (Å²) in [6, 6.07) is 3.51. The third kappa shape index (κ3) is 4.30. The largest absolute Gasteiger partial charge is 0.493 e. The summed E-state index contributed by atoms with van der Waals surface area (Å²) in [5, 5.41) is 3.02. The van der Waals surface area contributed by atoms with Crippen LogP contribution in [0, 0.1) is 0 Å². The fourth-order valence-corrected chi connectivity index (χ4v) is 2.79. The Morgan fingerprint density at radius 2 is 1.83 bits per heavy atom. The number of hydrogen-bond donors (Lipinski definition) is 1. The van der Waals surface area contributed by atoms with Crippen LogP contribution in [0.25, 0.3) is 0 Å². The smallest absolute Gasteiger partial charge is 0.224 e. The zero-order valence-corrected chi connectivity index (χ0v) is 14.6. The standard InChI is InChI=1S/C17H25NO6/c1-20-13-7-11(8-14(21-2)17(13)23-4)9-16(19)18-12-5-6-24-10-15(12)22-3/h7-8,12,15H,5-6,9-10H2,1-4H3,(H,18,19). The Hall–Kier alpha value is -1.99. The number of ether oxygens (including phenoxy) is 5. The molecule has 24 heavy (non-hydrogen) atoms. The van der Waals surface area contributed by atoms with Crippen LogP contribution in [0.5, 0.6) is 17.2 Å². The minimum absolute atomic E-state index is 0.0433. The second-order valence-electron chi connectivity index (χ2n) is 5.52. The molecule has 1 aromatic carbocycles. The van der Waals surface area contributed by atoms with E-state index in [0.29, 0.717) is 30.5 Å². The van der Waals surface area contributed by atoms with Crippen molar-refractivity contribution in [2.24, 2.45) is 0 Å². The van der Waals surface area contributed by atoms with Gasteiger partial charge in [0, 0.05) is 13.7 Å². The first-order chi connectivity index (χ1) is 11.6. The van der Waals surface area contributed by atoms with Crippen LogP contribution in [0.4, 0.5) is 0 Å². The van der Waals surface area contributed by atoms with Gasteiger partial charge in [0.25, 0.3) is 0 Å². The van der Waals surface area contributed by atoms with Crippen LogP contribution in [0.2, 0.25) is 0 Å². The van der Waals surface area contributed by atoms with Crippen molar-refractivity contribution in [3.63, 3.8) is 0 Å². The van der Waals surface area contributed by atoms with Gasteiger partial charge in [-0.2, -0.15) is 0 Å². The van der Waals surface area contributed by atoms with E-state index in [1.165, 1.54) is 0 Å². The maximum absolute atomic E-state index is 12.4. The normalized spacial score (nSPS) is 20.3. The molecule has 1 N–H and O–H groups in total. The highest BCUT2D eigenvalue weighted by Gasteiger charge is 2.27. The minimum atomic E-state index is -0.123. The second kappa shape index (κ2) is 8.75. The highest BCUT2D eigenvalue weighted by atomic mass is 16.5. The minimum Gasteiger partial charge on any atom is -0.493 e. The molecule has 2 rings (SSSR count). The Kier molecular flexibility index (Phi) is 6.69. The fraction of sp³-hybridized carbons (Fsp3) is 0.588. The van der Waals surface area contributed by atoms with E-state index in [4.69, 9.17) is 23.7 Å². The predicted octanol–water partition coefficient (Wildman–Crippen LogP) is 1.17. The highest BCUT2D eigenvalue weighted by molar-refractivity contribution is 5.79. The first-order valence-corrected chi connectivity index (χ1v) is 7.81. The lowest BCUT2D eigenvalue weighted by atomic mass is 10.0. The molecule has 1 aliphatic rings. The summed E-state index contributed by atoms with van der Waals surface area (Å²) in [5.41, 5.74) is 0.781. The van der Waals surface area contributed by atoms with E-state index in [0.717, 1.165) is 12.0 Å². The Morgan fingerprint density at radius 1 is 1.17 bits per heavy atom. The zero-order chi connectivity index (χ0) is 17.5. The molecule has 0 radical (unpaired) electrons.